The number of hydroxylamine groups is 1. The molecule has 8 heavy (non-hydrogen) atoms. The zero-order valence-electron chi connectivity index (χ0n) is 4.16. The highest BCUT2D eigenvalue weighted by Gasteiger charge is 2.09. The van der Waals surface area contributed by atoms with Gasteiger partial charge in [-0.3, -0.25) is 0 Å². The van der Waals surface area contributed by atoms with Crippen LogP contribution >= 0.6 is 0 Å². The van der Waals surface area contributed by atoms with E-state index in [1.807, 2.05) is 0 Å². The van der Waals surface area contributed by atoms with Gasteiger partial charge in [0, 0.05) is 0 Å². The summed E-state index contributed by atoms with van der Waals surface area (Å²) in [5.74, 6) is 0.456. The SMILES string of the molecule is C=CC1=NC(O)ON1. The molecule has 1 atom stereocenters. The Bertz CT molecular complexity index is 132. The number of aliphatic hydroxyl groups is 1. The van der Waals surface area contributed by atoms with Crippen LogP contribution in [-0.4, -0.2) is 17.4 Å². The molecule has 0 radical (unpaired) electrons. The van der Waals surface area contributed by atoms with Gasteiger partial charge in [-0.05, 0) is 6.08 Å². The van der Waals surface area contributed by atoms with E-state index in [2.05, 4.69) is 21.9 Å². The molecule has 1 rings (SSSR count). The molecule has 0 amide bonds. The Balaban J connectivity index is 2.56. The van der Waals surface area contributed by atoms with Crippen molar-refractivity contribution in [1.29, 1.82) is 0 Å². The molecule has 44 valence electrons. The molecule has 0 saturated carbocycles. The maximum atomic E-state index is 8.51. The van der Waals surface area contributed by atoms with Gasteiger partial charge in [0.1, 0.15) is 5.84 Å². The van der Waals surface area contributed by atoms with Crippen LogP contribution in [0.15, 0.2) is 17.6 Å². The highest BCUT2D eigenvalue weighted by molar-refractivity contribution is 5.92. The number of nitrogens with zero attached hydrogens (tertiary/aromatic N) is 1. The fraction of sp³-hybridized carbons (Fsp3) is 0.250. The average molecular weight is 114 g/mol. The molecule has 1 heterocycles. The molecule has 4 heteroatoms. The zero-order valence-corrected chi connectivity index (χ0v) is 4.16. The standard InChI is InChI=1S/C4H6N2O2/c1-2-3-5-4(7)8-6-3/h2,4,7H,1H2,(H,5,6). The minimum Gasteiger partial charge on any atom is -0.348 e. The number of hydrogen-bond acceptors (Lipinski definition) is 4. The number of aliphatic hydroxyl groups excluding tert-OH is 1. The molecule has 0 aromatic heterocycles. The Labute approximate surface area is 46.4 Å². The summed E-state index contributed by atoms with van der Waals surface area (Å²) < 4.78 is 0. The van der Waals surface area contributed by atoms with Gasteiger partial charge in [0.2, 0.25) is 0 Å². The number of rotatable bonds is 1. The van der Waals surface area contributed by atoms with Crippen LogP contribution in [0.25, 0.3) is 0 Å². The minimum atomic E-state index is -1.07. The van der Waals surface area contributed by atoms with Crippen molar-refractivity contribution in [3.63, 3.8) is 0 Å². The van der Waals surface area contributed by atoms with Gasteiger partial charge in [-0.15, -0.1) is 0 Å². The Morgan fingerprint density at radius 1 is 2.00 bits per heavy atom. The van der Waals surface area contributed by atoms with Crippen LogP contribution in [0.5, 0.6) is 0 Å². The lowest BCUT2D eigenvalue weighted by molar-refractivity contribution is -0.102. The summed E-state index contributed by atoms with van der Waals surface area (Å²) in [4.78, 5) is 7.91. The maximum Gasteiger partial charge on any atom is 0.280 e. The molecule has 2 N–H and O–H groups in total. The van der Waals surface area contributed by atoms with Gasteiger partial charge in [0.15, 0.2) is 0 Å². The normalized spacial score (nSPS) is 26.6. The summed E-state index contributed by atoms with van der Waals surface area (Å²) >= 11 is 0. The number of amidine groups is 1. The van der Waals surface area contributed by atoms with E-state index in [9.17, 15) is 0 Å². The largest absolute Gasteiger partial charge is 0.348 e. The molecule has 1 aliphatic heterocycles. The average Bonchev–Trinajstić information content (AvgIpc) is 2.14. The second kappa shape index (κ2) is 1.94. The first-order chi connectivity index (χ1) is 3.83. The Hall–Kier alpha value is -0.870. The Morgan fingerprint density at radius 3 is 3.00 bits per heavy atom. The molecule has 0 bridgehead atoms. The van der Waals surface area contributed by atoms with E-state index < -0.39 is 6.41 Å². The summed E-state index contributed by atoms with van der Waals surface area (Å²) in [6, 6.07) is 0. The van der Waals surface area contributed by atoms with E-state index in [1.165, 1.54) is 6.08 Å². The van der Waals surface area contributed by atoms with Crippen LogP contribution in [0.2, 0.25) is 0 Å². The highest BCUT2D eigenvalue weighted by Crippen LogP contribution is 1.94. The van der Waals surface area contributed by atoms with E-state index in [1.54, 1.807) is 0 Å². The van der Waals surface area contributed by atoms with Gasteiger partial charge >= 0.3 is 0 Å². The van der Waals surface area contributed by atoms with E-state index >= 15 is 0 Å². The van der Waals surface area contributed by atoms with Gasteiger partial charge in [-0.25, -0.2) is 15.3 Å². The quantitative estimate of drug-likeness (QED) is 0.477. The molecule has 4 nitrogen and oxygen atoms in total. The molecule has 1 aliphatic rings. The van der Waals surface area contributed by atoms with E-state index in [4.69, 9.17) is 5.11 Å². The third-order valence-electron chi connectivity index (χ3n) is 0.712. The fourth-order valence-electron chi connectivity index (χ4n) is 0.379. The van der Waals surface area contributed by atoms with Crippen molar-refractivity contribution in [2.24, 2.45) is 4.99 Å². The van der Waals surface area contributed by atoms with Gasteiger partial charge < -0.3 is 5.11 Å². The maximum absolute atomic E-state index is 8.51. The minimum absolute atomic E-state index is 0.456. The first-order valence-corrected chi connectivity index (χ1v) is 2.13. The van der Waals surface area contributed by atoms with Crippen molar-refractivity contribution in [1.82, 2.24) is 5.48 Å². The predicted octanol–water partition coefficient (Wildman–Crippen LogP) is -0.618. The monoisotopic (exact) mass is 114 g/mol. The van der Waals surface area contributed by atoms with Gasteiger partial charge in [-0.2, -0.15) is 0 Å². The first kappa shape index (κ1) is 5.27. The number of nitrogens with one attached hydrogen (secondary N) is 1. The molecule has 0 aromatic carbocycles. The van der Waals surface area contributed by atoms with Crippen LogP contribution in [-0.2, 0) is 4.84 Å². The van der Waals surface area contributed by atoms with Crippen LogP contribution in [0.4, 0.5) is 0 Å². The van der Waals surface area contributed by atoms with Crippen molar-refractivity contribution >= 4 is 5.84 Å². The van der Waals surface area contributed by atoms with Crippen molar-refractivity contribution in [2.45, 2.75) is 6.41 Å². The topological polar surface area (TPSA) is 53.9 Å². The van der Waals surface area contributed by atoms with E-state index in [0.717, 1.165) is 0 Å². The van der Waals surface area contributed by atoms with Crippen molar-refractivity contribution < 1.29 is 9.94 Å². The van der Waals surface area contributed by atoms with E-state index in [-0.39, 0.29) is 0 Å². The summed E-state index contributed by atoms with van der Waals surface area (Å²) in [7, 11) is 0. The second-order valence-electron chi connectivity index (χ2n) is 1.26. The zero-order chi connectivity index (χ0) is 5.98. The smallest absolute Gasteiger partial charge is 0.280 e. The van der Waals surface area contributed by atoms with Gasteiger partial charge in [-0.1, -0.05) is 6.58 Å². The van der Waals surface area contributed by atoms with Crippen LogP contribution in [0, 0.1) is 0 Å². The highest BCUT2D eigenvalue weighted by atomic mass is 16.7. The molecule has 0 aromatic rings. The molecule has 0 aliphatic carbocycles. The fourth-order valence-corrected chi connectivity index (χ4v) is 0.379. The lowest BCUT2D eigenvalue weighted by Gasteiger charge is -1.92. The summed E-state index contributed by atoms with van der Waals surface area (Å²) in [6.45, 7) is 3.39. The van der Waals surface area contributed by atoms with E-state index in [0.29, 0.717) is 5.84 Å². The lowest BCUT2D eigenvalue weighted by Crippen LogP contribution is -2.15. The molecule has 0 fully saturated rings. The number of aliphatic imine (C=N–C) groups is 1. The van der Waals surface area contributed by atoms with Crippen molar-refractivity contribution in [2.75, 3.05) is 0 Å². The van der Waals surface area contributed by atoms with Crippen molar-refractivity contribution in [3.8, 4) is 0 Å². The second-order valence-corrected chi connectivity index (χ2v) is 1.26. The lowest BCUT2D eigenvalue weighted by atomic mass is 10.6. The number of hydrogen-bond donors (Lipinski definition) is 2. The molecule has 0 saturated heterocycles. The summed E-state index contributed by atoms with van der Waals surface area (Å²) in [6.07, 6.45) is 0.388. The van der Waals surface area contributed by atoms with Crippen LogP contribution < -0.4 is 5.48 Å². The third-order valence-corrected chi connectivity index (χ3v) is 0.712. The molecule has 1 unspecified atom stereocenters. The van der Waals surface area contributed by atoms with Gasteiger partial charge in [0.05, 0.1) is 0 Å². The predicted molar refractivity (Wildman–Crippen MR) is 27.9 cm³/mol. The summed E-state index contributed by atoms with van der Waals surface area (Å²) in [5, 5.41) is 8.51. The van der Waals surface area contributed by atoms with Gasteiger partial charge in [0.25, 0.3) is 6.41 Å². The third kappa shape index (κ3) is 0.853. The molecular weight excluding hydrogens is 108 g/mol. The van der Waals surface area contributed by atoms with Crippen LogP contribution in [0.3, 0.4) is 0 Å². The first-order valence-electron chi connectivity index (χ1n) is 2.13. The molecular formula is C4H6N2O2. The summed E-state index contributed by atoms with van der Waals surface area (Å²) in [5.41, 5.74) is 2.34. The van der Waals surface area contributed by atoms with Crippen molar-refractivity contribution in [3.05, 3.63) is 12.7 Å². The molecule has 0 spiro atoms. The van der Waals surface area contributed by atoms with Crippen LogP contribution in [0.1, 0.15) is 0 Å². The Morgan fingerprint density at radius 2 is 2.75 bits per heavy atom. The Kier molecular flexibility index (Phi) is 1.27.